The standard InChI is InChI=1S/C12H13N3O/c1-7-13-10-5-9-3-4-15(8(2)16)12(9)6-11(10)14-7/h5H,3-4,6H2,1-2H3. The molecule has 0 radical (unpaired) electrons. The SMILES string of the molecule is CC(=O)N1CCC2=C1CC1=NC(C)=NC1=C2. The Morgan fingerprint density at radius 1 is 1.44 bits per heavy atom. The predicted octanol–water partition coefficient (Wildman–Crippen LogP) is 1.65. The molecule has 3 rings (SSSR count). The zero-order chi connectivity index (χ0) is 11.3. The lowest BCUT2D eigenvalue weighted by Crippen LogP contribution is -2.26. The fourth-order valence-corrected chi connectivity index (χ4v) is 2.48. The normalized spacial score (nSPS) is 22.6. The Morgan fingerprint density at radius 3 is 3.00 bits per heavy atom. The second kappa shape index (κ2) is 3.14. The zero-order valence-corrected chi connectivity index (χ0v) is 9.45. The molecule has 0 aromatic heterocycles. The van der Waals surface area contributed by atoms with Crippen LogP contribution in [0.1, 0.15) is 26.7 Å². The second-order valence-electron chi connectivity index (χ2n) is 4.32. The molecule has 0 aromatic carbocycles. The van der Waals surface area contributed by atoms with Crippen LogP contribution < -0.4 is 0 Å². The zero-order valence-electron chi connectivity index (χ0n) is 9.45. The minimum atomic E-state index is 0.123. The maximum absolute atomic E-state index is 11.5. The Hall–Kier alpha value is -1.71. The van der Waals surface area contributed by atoms with E-state index in [0.29, 0.717) is 0 Å². The summed E-state index contributed by atoms with van der Waals surface area (Å²) in [6.45, 7) is 4.33. The number of fused-ring (bicyclic) bond motifs is 1. The minimum absolute atomic E-state index is 0.123. The molecule has 0 spiro atoms. The van der Waals surface area contributed by atoms with Gasteiger partial charge in [-0.3, -0.25) is 4.79 Å². The highest BCUT2D eigenvalue weighted by Crippen LogP contribution is 2.34. The van der Waals surface area contributed by atoms with Crippen LogP contribution in [0.4, 0.5) is 0 Å². The summed E-state index contributed by atoms with van der Waals surface area (Å²) < 4.78 is 0. The molecule has 16 heavy (non-hydrogen) atoms. The van der Waals surface area contributed by atoms with Gasteiger partial charge < -0.3 is 4.90 Å². The number of hydrogen-bond donors (Lipinski definition) is 0. The van der Waals surface area contributed by atoms with Gasteiger partial charge >= 0.3 is 0 Å². The number of amides is 1. The van der Waals surface area contributed by atoms with Crippen molar-refractivity contribution < 1.29 is 4.79 Å². The van der Waals surface area contributed by atoms with Crippen molar-refractivity contribution in [2.24, 2.45) is 9.98 Å². The molecule has 3 aliphatic rings. The van der Waals surface area contributed by atoms with Crippen LogP contribution in [0.5, 0.6) is 0 Å². The molecule has 0 bridgehead atoms. The lowest BCUT2D eigenvalue weighted by molar-refractivity contribution is -0.126. The van der Waals surface area contributed by atoms with E-state index in [4.69, 9.17) is 0 Å². The third kappa shape index (κ3) is 1.26. The number of nitrogens with zero attached hydrogens (tertiary/aromatic N) is 3. The van der Waals surface area contributed by atoms with Gasteiger partial charge in [0, 0.05) is 25.6 Å². The van der Waals surface area contributed by atoms with Crippen molar-refractivity contribution in [2.45, 2.75) is 26.7 Å². The predicted molar refractivity (Wildman–Crippen MR) is 62.3 cm³/mol. The third-order valence-corrected chi connectivity index (χ3v) is 3.20. The summed E-state index contributed by atoms with van der Waals surface area (Å²) in [5, 5.41) is 0. The van der Waals surface area contributed by atoms with E-state index in [1.807, 2.05) is 11.8 Å². The average Bonchev–Trinajstić information content (AvgIpc) is 2.74. The number of aliphatic imine (C=N–C) groups is 2. The smallest absolute Gasteiger partial charge is 0.223 e. The van der Waals surface area contributed by atoms with Crippen LogP contribution in [0.15, 0.2) is 33.0 Å². The Balaban J connectivity index is 2.00. The van der Waals surface area contributed by atoms with E-state index in [-0.39, 0.29) is 5.91 Å². The van der Waals surface area contributed by atoms with Gasteiger partial charge in [-0.15, -0.1) is 0 Å². The average molecular weight is 215 g/mol. The first-order chi connectivity index (χ1) is 7.65. The summed E-state index contributed by atoms with van der Waals surface area (Å²) in [4.78, 5) is 22.1. The number of hydrogen-bond acceptors (Lipinski definition) is 3. The van der Waals surface area contributed by atoms with Crippen LogP contribution in [-0.2, 0) is 4.79 Å². The first-order valence-corrected chi connectivity index (χ1v) is 5.50. The second-order valence-corrected chi connectivity index (χ2v) is 4.32. The maximum Gasteiger partial charge on any atom is 0.223 e. The van der Waals surface area contributed by atoms with Gasteiger partial charge in [-0.1, -0.05) is 0 Å². The lowest BCUT2D eigenvalue weighted by atomic mass is 9.99. The summed E-state index contributed by atoms with van der Waals surface area (Å²) in [5.41, 5.74) is 4.37. The van der Waals surface area contributed by atoms with Crippen LogP contribution in [0.25, 0.3) is 0 Å². The quantitative estimate of drug-likeness (QED) is 0.606. The van der Waals surface area contributed by atoms with Crippen LogP contribution in [0.3, 0.4) is 0 Å². The monoisotopic (exact) mass is 215 g/mol. The first-order valence-electron chi connectivity index (χ1n) is 5.50. The highest BCUT2D eigenvalue weighted by atomic mass is 16.2. The molecule has 2 aliphatic heterocycles. The minimum Gasteiger partial charge on any atom is -0.315 e. The van der Waals surface area contributed by atoms with Gasteiger partial charge in [-0.25, -0.2) is 9.98 Å². The summed E-state index contributed by atoms with van der Waals surface area (Å²) >= 11 is 0. The Bertz CT molecular complexity index is 508. The summed E-state index contributed by atoms with van der Waals surface area (Å²) in [5.74, 6) is 0.940. The van der Waals surface area contributed by atoms with Crippen molar-refractivity contribution in [3.63, 3.8) is 0 Å². The van der Waals surface area contributed by atoms with Crippen LogP contribution in [-0.4, -0.2) is 28.9 Å². The van der Waals surface area contributed by atoms with Crippen LogP contribution in [0.2, 0.25) is 0 Å². The van der Waals surface area contributed by atoms with Gasteiger partial charge in [-0.2, -0.15) is 0 Å². The van der Waals surface area contributed by atoms with Gasteiger partial charge in [0.2, 0.25) is 5.91 Å². The molecule has 0 atom stereocenters. The molecule has 0 unspecified atom stereocenters. The summed E-state index contributed by atoms with van der Waals surface area (Å²) in [6.07, 6.45) is 3.78. The number of amidine groups is 1. The molecule has 4 heteroatoms. The van der Waals surface area contributed by atoms with E-state index in [1.165, 1.54) is 5.57 Å². The highest BCUT2D eigenvalue weighted by molar-refractivity contribution is 6.14. The topological polar surface area (TPSA) is 45.0 Å². The van der Waals surface area contributed by atoms with Gasteiger partial charge in [0.25, 0.3) is 0 Å². The van der Waals surface area contributed by atoms with Crippen LogP contribution in [0, 0.1) is 0 Å². The lowest BCUT2D eigenvalue weighted by Gasteiger charge is -2.20. The number of allylic oxidation sites excluding steroid dienone is 3. The molecule has 1 aliphatic carbocycles. The molecule has 0 saturated carbocycles. The van der Waals surface area contributed by atoms with Crippen molar-refractivity contribution in [3.05, 3.63) is 23.0 Å². The van der Waals surface area contributed by atoms with Gasteiger partial charge in [-0.05, 0) is 25.0 Å². The fraction of sp³-hybridized carbons (Fsp3) is 0.417. The van der Waals surface area contributed by atoms with Crippen molar-refractivity contribution >= 4 is 17.5 Å². The summed E-state index contributed by atoms with van der Waals surface area (Å²) in [7, 11) is 0. The number of rotatable bonds is 0. The third-order valence-electron chi connectivity index (χ3n) is 3.20. The van der Waals surface area contributed by atoms with E-state index in [0.717, 1.165) is 42.3 Å². The van der Waals surface area contributed by atoms with Gasteiger partial charge in [0.05, 0.1) is 11.4 Å². The molecular formula is C12H13N3O. The number of carbonyl (C=O) groups excluding carboxylic acids is 1. The van der Waals surface area contributed by atoms with Crippen molar-refractivity contribution in [1.82, 2.24) is 4.90 Å². The van der Waals surface area contributed by atoms with Crippen LogP contribution >= 0.6 is 0 Å². The fourth-order valence-electron chi connectivity index (χ4n) is 2.48. The Labute approximate surface area is 94.1 Å². The first kappa shape index (κ1) is 9.51. The van der Waals surface area contributed by atoms with E-state index in [9.17, 15) is 4.79 Å². The summed E-state index contributed by atoms with van der Waals surface area (Å²) in [6, 6.07) is 0. The molecule has 0 aromatic rings. The van der Waals surface area contributed by atoms with Crippen molar-refractivity contribution in [1.29, 1.82) is 0 Å². The highest BCUT2D eigenvalue weighted by Gasteiger charge is 2.31. The van der Waals surface area contributed by atoms with Crippen molar-refractivity contribution in [3.8, 4) is 0 Å². The molecule has 0 fully saturated rings. The number of carbonyl (C=O) groups is 1. The Morgan fingerprint density at radius 2 is 2.25 bits per heavy atom. The van der Waals surface area contributed by atoms with E-state index in [2.05, 4.69) is 16.1 Å². The molecule has 1 amide bonds. The molecule has 0 N–H and O–H groups in total. The maximum atomic E-state index is 11.5. The van der Waals surface area contributed by atoms with E-state index < -0.39 is 0 Å². The largest absolute Gasteiger partial charge is 0.315 e. The molecule has 2 heterocycles. The molecule has 0 saturated heterocycles. The Kier molecular flexibility index (Phi) is 1.87. The molecule has 4 nitrogen and oxygen atoms in total. The molecular weight excluding hydrogens is 202 g/mol. The van der Waals surface area contributed by atoms with E-state index in [1.54, 1.807) is 6.92 Å². The van der Waals surface area contributed by atoms with Gasteiger partial charge in [0.1, 0.15) is 5.84 Å². The van der Waals surface area contributed by atoms with E-state index >= 15 is 0 Å². The molecule has 82 valence electrons. The van der Waals surface area contributed by atoms with Crippen molar-refractivity contribution in [2.75, 3.05) is 6.54 Å². The van der Waals surface area contributed by atoms with Gasteiger partial charge in [0.15, 0.2) is 0 Å².